The lowest BCUT2D eigenvalue weighted by Gasteiger charge is -2.30. The van der Waals surface area contributed by atoms with Crippen molar-refractivity contribution < 1.29 is 37.3 Å². The number of esters is 1. The van der Waals surface area contributed by atoms with Gasteiger partial charge in [-0.3, -0.25) is 14.2 Å². The van der Waals surface area contributed by atoms with Crippen LogP contribution in [0.2, 0.25) is 0 Å². The lowest BCUT2D eigenvalue weighted by atomic mass is 10.1. The number of hydrogen-bond acceptors (Lipinski definition) is 7. The monoisotopic (exact) mass is 981 g/mol. The summed E-state index contributed by atoms with van der Waals surface area (Å²) in [5, 5.41) is 2.99. The van der Waals surface area contributed by atoms with Crippen LogP contribution in [0.5, 0.6) is 0 Å². The highest BCUT2D eigenvalue weighted by molar-refractivity contribution is 7.45. The van der Waals surface area contributed by atoms with E-state index in [-0.39, 0.29) is 25.4 Å². The van der Waals surface area contributed by atoms with Gasteiger partial charge in [0, 0.05) is 12.8 Å². The largest absolute Gasteiger partial charge is 0.756 e. The first-order valence-corrected chi connectivity index (χ1v) is 28.8. The van der Waals surface area contributed by atoms with E-state index in [0.717, 1.165) is 89.9 Å². The molecule has 3 unspecified atom stereocenters. The summed E-state index contributed by atoms with van der Waals surface area (Å²) >= 11 is 0. The molecular formula is C59H101N2O7P. The van der Waals surface area contributed by atoms with Gasteiger partial charge in [0.2, 0.25) is 5.91 Å². The predicted molar refractivity (Wildman–Crippen MR) is 293 cm³/mol. The second-order valence-corrected chi connectivity index (χ2v) is 20.6. The van der Waals surface area contributed by atoms with Crippen molar-refractivity contribution in [3.8, 4) is 0 Å². The first-order chi connectivity index (χ1) is 33.4. The second-order valence-electron chi connectivity index (χ2n) is 19.2. The Kier molecular flexibility index (Phi) is 46.0. The molecule has 0 fully saturated rings. The molecule has 0 spiro atoms. The van der Waals surface area contributed by atoms with E-state index in [1.54, 1.807) is 6.08 Å². The third-order valence-electron chi connectivity index (χ3n) is 11.4. The third kappa shape index (κ3) is 49.4. The van der Waals surface area contributed by atoms with Gasteiger partial charge in [-0.05, 0) is 76.7 Å². The van der Waals surface area contributed by atoms with Crippen molar-refractivity contribution in [1.82, 2.24) is 5.32 Å². The minimum Gasteiger partial charge on any atom is -0.756 e. The summed E-state index contributed by atoms with van der Waals surface area (Å²) < 4.78 is 30.1. The highest BCUT2D eigenvalue weighted by Gasteiger charge is 2.27. The van der Waals surface area contributed by atoms with Crippen molar-refractivity contribution in [3.63, 3.8) is 0 Å². The molecule has 0 rings (SSSR count). The molecule has 394 valence electrons. The first kappa shape index (κ1) is 65.7. The molecule has 10 heteroatoms. The molecule has 1 amide bonds. The summed E-state index contributed by atoms with van der Waals surface area (Å²) in [5.41, 5.74) is 0. The Morgan fingerprint density at radius 1 is 0.522 bits per heavy atom. The highest BCUT2D eigenvalue weighted by atomic mass is 31.2. The number of nitrogens with one attached hydrogen (secondary N) is 1. The summed E-state index contributed by atoms with van der Waals surface area (Å²) in [6.07, 6.45) is 64.8. The number of nitrogens with zero attached hydrogens (tertiary/aromatic N) is 1. The number of hydrogen-bond donors (Lipinski definition) is 1. The molecule has 0 aromatic carbocycles. The van der Waals surface area contributed by atoms with Gasteiger partial charge in [0.1, 0.15) is 19.3 Å². The number of allylic oxidation sites excluding steroid dienone is 17. The van der Waals surface area contributed by atoms with Gasteiger partial charge in [0.05, 0.1) is 33.8 Å². The minimum atomic E-state index is -4.71. The molecular weight excluding hydrogens is 880 g/mol. The zero-order valence-corrected chi connectivity index (χ0v) is 45.6. The SMILES string of the molecule is CC\C=C/C=C/C=C/C=C\C=C\C=C\CCCCCC(=O)OC(/C=C/CCCCCCCCCCC)C(COP(=O)([O-])OCC[N+](C)(C)C)NC(=O)CCCCCCCC/C=C/C=C/CCCCC. The number of quaternary nitrogens is 1. The van der Waals surface area contributed by atoms with E-state index in [1.807, 2.05) is 88.0 Å². The maximum atomic E-state index is 13.4. The number of rotatable bonds is 47. The summed E-state index contributed by atoms with van der Waals surface area (Å²) in [5.74, 6) is -0.617. The second kappa shape index (κ2) is 48.3. The molecule has 0 saturated carbocycles. The maximum absolute atomic E-state index is 13.4. The van der Waals surface area contributed by atoms with Gasteiger partial charge in [-0.1, -0.05) is 220 Å². The molecule has 0 aliphatic carbocycles. The van der Waals surface area contributed by atoms with Crippen molar-refractivity contribution in [2.45, 2.75) is 213 Å². The Hall–Kier alpha value is -3.33. The van der Waals surface area contributed by atoms with Crippen LogP contribution in [-0.2, 0) is 27.9 Å². The van der Waals surface area contributed by atoms with Gasteiger partial charge in [-0.15, -0.1) is 0 Å². The lowest BCUT2D eigenvalue weighted by Crippen LogP contribution is -2.47. The lowest BCUT2D eigenvalue weighted by molar-refractivity contribution is -0.870. The van der Waals surface area contributed by atoms with Crippen molar-refractivity contribution in [2.24, 2.45) is 0 Å². The van der Waals surface area contributed by atoms with Gasteiger partial charge in [-0.2, -0.15) is 0 Å². The van der Waals surface area contributed by atoms with E-state index in [9.17, 15) is 19.0 Å². The fourth-order valence-corrected chi connectivity index (χ4v) is 7.85. The van der Waals surface area contributed by atoms with Gasteiger partial charge < -0.3 is 28.5 Å². The average Bonchev–Trinajstić information content (AvgIpc) is 3.31. The number of carbonyl (C=O) groups excluding carboxylic acids is 2. The molecule has 1 N–H and O–H groups in total. The molecule has 9 nitrogen and oxygen atoms in total. The number of phosphoric ester groups is 1. The van der Waals surface area contributed by atoms with Crippen LogP contribution in [0.25, 0.3) is 0 Å². The van der Waals surface area contributed by atoms with E-state index in [4.69, 9.17) is 13.8 Å². The van der Waals surface area contributed by atoms with Gasteiger partial charge in [-0.25, -0.2) is 0 Å². The molecule has 0 aliphatic heterocycles. The van der Waals surface area contributed by atoms with Gasteiger partial charge in [0.15, 0.2) is 0 Å². The van der Waals surface area contributed by atoms with Crippen LogP contribution in [0.4, 0.5) is 0 Å². The van der Waals surface area contributed by atoms with Crippen LogP contribution in [0, 0.1) is 0 Å². The molecule has 0 saturated heterocycles. The predicted octanol–water partition coefficient (Wildman–Crippen LogP) is 15.6. The van der Waals surface area contributed by atoms with Crippen LogP contribution in [0.1, 0.15) is 201 Å². The van der Waals surface area contributed by atoms with Crippen molar-refractivity contribution in [3.05, 3.63) is 109 Å². The van der Waals surface area contributed by atoms with Crippen LogP contribution in [0.3, 0.4) is 0 Å². The normalized spacial score (nSPS) is 14.7. The number of unbranched alkanes of at least 4 members (excludes halogenated alkanes) is 21. The minimum absolute atomic E-state index is 0.0385. The number of carbonyl (C=O) groups is 2. The van der Waals surface area contributed by atoms with Crippen molar-refractivity contribution in [2.75, 3.05) is 40.9 Å². The Balaban J connectivity index is 5.50. The quantitative estimate of drug-likeness (QED) is 0.0161. The fourth-order valence-electron chi connectivity index (χ4n) is 7.13. The number of amides is 1. The van der Waals surface area contributed by atoms with Gasteiger partial charge >= 0.3 is 5.97 Å². The molecule has 0 radical (unpaired) electrons. The third-order valence-corrected chi connectivity index (χ3v) is 12.3. The van der Waals surface area contributed by atoms with Crippen LogP contribution < -0.4 is 10.2 Å². The molecule has 0 bridgehead atoms. The zero-order valence-electron chi connectivity index (χ0n) is 44.7. The van der Waals surface area contributed by atoms with E-state index >= 15 is 0 Å². The van der Waals surface area contributed by atoms with E-state index < -0.39 is 32.5 Å². The molecule has 0 aromatic rings. The summed E-state index contributed by atoms with van der Waals surface area (Å²) in [7, 11) is 1.13. The molecule has 0 heterocycles. The highest BCUT2D eigenvalue weighted by Crippen LogP contribution is 2.38. The van der Waals surface area contributed by atoms with E-state index in [1.165, 1.54) is 64.2 Å². The average molecular weight is 981 g/mol. The Morgan fingerprint density at radius 2 is 0.928 bits per heavy atom. The summed E-state index contributed by atoms with van der Waals surface area (Å²) in [4.78, 5) is 39.8. The molecule has 3 atom stereocenters. The molecule has 0 aliphatic rings. The molecule has 0 aromatic heterocycles. The topological polar surface area (TPSA) is 114 Å². The van der Waals surface area contributed by atoms with Crippen molar-refractivity contribution >= 4 is 19.7 Å². The standard InChI is InChI=1S/C59H101N2O7P/c1-7-10-13-16-19-22-25-27-29-30-32-34-37-40-43-46-49-52-59(63)68-57(50-47-44-41-38-35-24-21-18-15-12-9-3)56(55-67-69(64,65)66-54-53-61(4,5)6)60-58(62)51-48-45-42-39-36-33-31-28-26-23-20-17-14-11-8-2/h10,13,16,19-20,22-23,25-30,32,34,37,47,50,56-57H,7-9,11-12,14-15,17-18,21,24,31,33,35-36,38-46,48-49,51-55H2,1-6H3,(H-,60,62,64,65)/b13-10-,19-16+,23-20+,25-22+,28-26+,29-27-,32-30+,37-34+,50-47+. The fraction of sp³-hybridized carbons (Fsp3) is 0.661. The zero-order chi connectivity index (χ0) is 50.8. The van der Waals surface area contributed by atoms with Crippen LogP contribution in [-0.4, -0.2) is 69.4 Å². The Morgan fingerprint density at radius 3 is 1.45 bits per heavy atom. The number of likely N-dealkylation sites (N-methyl/N-ethyl adjacent to an activating group) is 1. The van der Waals surface area contributed by atoms with Crippen LogP contribution >= 0.6 is 7.82 Å². The van der Waals surface area contributed by atoms with Gasteiger partial charge in [0.25, 0.3) is 7.82 Å². The number of phosphoric acid groups is 1. The number of ether oxygens (including phenoxy) is 1. The maximum Gasteiger partial charge on any atom is 0.306 e. The summed E-state index contributed by atoms with van der Waals surface area (Å²) in [6, 6.07) is -0.918. The van der Waals surface area contributed by atoms with E-state index in [0.29, 0.717) is 23.9 Å². The first-order valence-electron chi connectivity index (χ1n) is 27.3. The van der Waals surface area contributed by atoms with Crippen LogP contribution in [0.15, 0.2) is 109 Å². The van der Waals surface area contributed by atoms with E-state index in [2.05, 4.69) is 62.5 Å². The smallest absolute Gasteiger partial charge is 0.306 e. The summed E-state index contributed by atoms with van der Waals surface area (Å²) in [6.45, 7) is 6.59. The molecule has 69 heavy (non-hydrogen) atoms. The Labute approximate surface area is 423 Å². The van der Waals surface area contributed by atoms with Crippen molar-refractivity contribution in [1.29, 1.82) is 0 Å². The Bertz CT molecular complexity index is 1550.